The van der Waals surface area contributed by atoms with Crippen LogP contribution in [0.25, 0.3) is 0 Å². The van der Waals surface area contributed by atoms with Crippen LogP contribution in [0.15, 0.2) is 23.3 Å². The summed E-state index contributed by atoms with van der Waals surface area (Å²) in [5, 5.41) is 21.7. The number of rotatable bonds is 7. The summed E-state index contributed by atoms with van der Waals surface area (Å²) in [7, 11) is 0. The van der Waals surface area contributed by atoms with Crippen LogP contribution in [0.4, 0.5) is 0 Å². The second-order valence-electron chi connectivity index (χ2n) is 7.89. The maximum absolute atomic E-state index is 12.9. The first-order valence-corrected chi connectivity index (χ1v) is 9.26. The molecule has 2 N–H and O–H groups in total. The van der Waals surface area contributed by atoms with Crippen LogP contribution < -0.4 is 0 Å². The largest absolute Gasteiger partial charge is 0.389 e. The van der Waals surface area contributed by atoms with Gasteiger partial charge < -0.3 is 10.2 Å². The molecule has 0 spiro atoms. The van der Waals surface area contributed by atoms with Gasteiger partial charge in [-0.05, 0) is 40.5 Å². The van der Waals surface area contributed by atoms with Crippen molar-refractivity contribution in [3.63, 3.8) is 0 Å². The van der Waals surface area contributed by atoms with Gasteiger partial charge in [-0.15, -0.1) is 0 Å². The molecule has 0 radical (unpaired) electrons. The third-order valence-corrected chi connectivity index (χ3v) is 5.19. The van der Waals surface area contributed by atoms with Gasteiger partial charge in [-0.2, -0.15) is 0 Å². The molecule has 0 saturated heterocycles. The number of aliphatic hydroxyl groups excluding tert-OH is 1. The van der Waals surface area contributed by atoms with Crippen LogP contribution in [-0.4, -0.2) is 39.3 Å². The Labute approximate surface area is 156 Å². The van der Waals surface area contributed by atoms with Crippen LogP contribution in [-0.2, 0) is 14.4 Å². The molecule has 5 atom stereocenters. The van der Waals surface area contributed by atoms with E-state index in [0.717, 1.165) is 11.1 Å². The van der Waals surface area contributed by atoms with Crippen LogP contribution in [0, 0.1) is 17.8 Å². The number of Topliss-reactive ketones (excluding diaryl/α,β-unsaturated/α-hetero) is 3. The van der Waals surface area contributed by atoms with E-state index in [-0.39, 0.29) is 12.8 Å². The molecule has 1 fully saturated rings. The molecule has 0 heterocycles. The minimum Gasteiger partial charge on any atom is -0.389 e. The molecule has 26 heavy (non-hydrogen) atoms. The van der Waals surface area contributed by atoms with Crippen LogP contribution in [0.3, 0.4) is 0 Å². The van der Waals surface area contributed by atoms with Crippen molar-refractivity contribution in [2.45, 2.75) is 72.5 Å². The lowest BCUT2D eigenvalue weighted by atomic mass is 9.64. The molecule has 0 amide bonds. The topological polar surface area (TPSA) is 91.7 Å². The molecule has 0 aromatic carbocycles. The summed E-state index contributed by atoms with van der Waals surface area (Å²) < 4.78 is 0. The number of ketones is 3. The summed E-state index contributed by atoms with van der Waals surface area (Å²) in [4.78, 5) is 38.5. The maximum Gasteiger partial charge on any atom is 0.185 e. The predicted molar refractivity (Wildman–Crippen MR) is 101 cm³/mol. The molecule has 5 heteroatoms. The van der Waals surface area contributed by atoms with Crippen molar-refractivity contribution in [3.8, 4) is 0 Å². The minimum absolute atomic E-state index is 0.113. The number of allylic oxidation sites excluding steroid dienone is 3. The van der Waals surface area contributed by atoms with Gasteiger partial charge in [0, 0.05) is 12.3 Å². The van der Waals surface area contributed by atoms with Crippen molar-refractivity contribution >= 4 is 17.3 Å². The Kier molecular flexibility index (Phi) is 7.66. The van der Waals surface area contributed by atoms with Crippen molar-refractivity contribution < 1.29 is 24.6 Å². The molecule has 1 rings (SSSR count). The summed E-state index contributed by atoms with van der Waals surface area (Å²) in [6.45, 7) is 10.8. The Hall–Kier alpha value is -1.59. The zero-order valence-corrected chi connectivity index (χ0v) is 16.7. The first kappa shape index (κ1) is 22.5. The van der Waals surface area contributed by atoms with Gasteiger partial charge in [-0.1, -0.05) is 37.1 Å². The Morgan fingerprint density at radius 1 is 1.15 bits per heavy atom. The van der Waals surface area contributed by atoms with E-state index in [1.807, 2.05) is 34.6 Å². The fourth-order valence-corrected chi connectivity index (χ4v) is 3.17. The molecule has 1 saturated carbocycles. The number of hydrogen-bond acceptors (Lipinski definition) is 5. The van der Waals surface area contributed by atoms with Crippen molar-refractivity contribution in [2.24, 2.45) is 17.8 Å². The summed E-state index contributed by atoms with van der Waals surface area (Å²) in [5.74, 6) is -4.85. The van der Waals surface area contributed by atoms with E-state index in [1.54, 1.807) is 19.1 Å². The summed E-state index contributed by atoms with van der Waals surface area (Å²) in [5.41, 5.74) is -0.292. The fourth-order valence-electron chi connectivity index (χ4n) is 3.17. The van der Waals surface area contributed by atoms with E-state index in [4.69, 9.17) is 0 Å². The van der Waals surface area contributed by atoms with Gasteiger partial charge in [0.2, 0.25) is 0 Å². The second-order valence-corrected chi connectivity index (χ2v) is 7.89. The van der Waals surface area contributed by atoms with Crippen LogP contribution in [0.1, 0.15) is 60.8 Å². The van der Waals surface area contributed by atoms with Crippen molar-refractivity contribution in [1.29, 1.82) is 0 Å². The lowest BCUT2D eigenvalue weighted by molar-refractivity contribution is -0.177. The van der Waals surface area contributed by atoms with Crippen molar-refractivity contribution in [1.82, 2.24) is 0 Å². The first-order valence-electron chi connectivity index (χ1n) is 9.26. The number of carbonyl (C=O) groups is 3. The molecule has 5 nitrogen and oxygen atoms in total. The Morgan fingerprint density at radius 3 is 2.15 bits per heavy atom. The van der Waals surface area contributed by atoms with Gasteiger partial charge in [-0.3, -0.25) is 14.4 Å². The average molecular weight is 364 g/mol. The molecule has 1 aliphatic rings. The molecular formula is C21H32O5. The Morgan fingerprint density at radius 2 is 1.69 bits per heavy atom. The lowest BCUT2D eigenvalue weighted by Crippen LogP contribution is -2.64. The first-order chi connectivity index (χ1) is 12.0. The third kappa shape index (κ3) is 4.57. The zero-order chi connectivity index (χ0) is 20.2. The summed E-state index contributed by atoms with van der Waals surface area (Å²) in [6.07, 6.45) is 2.49. The minimum atomic E-state index is -2.13. The van der Waals surface area contributed by atoms with Gasteiger partial charge >= 0.3 is 0 Å². The zero-order valence-electron chi connectivity index (χ0n) is 16.7. The van der Waals surface area contributed by atoms with Gasteiger partial charge in [0.05, 0.1) is 5.92 Å². The highest BCUT2D eigenvalue weighted by molar-refractivity contribution is 6.24. The SMILES string of the molecule is CCC(C)C(=O)C1C(=O)C(CC=C(C)C)C(O)C(O)(CC=C(C)C)C1=O. The van der Waals surface area contributed by atoms with Crippen molar-refractivity contribution in [2.75, 3.05) is 0 Å². The van der Waals surface area contributed by atoms with E-state index in [9.17, 15) is 24.6 Å². The second kappa shape index (κ2) is 8.87. The number of aliphatic hydroxyl groups is 2. The van der Waals surface area contributed by atoms with E-state index >= 15 is 0 Å². The van der Waals surface area contributed by atoms with E-state index < -0.39 is 46.8 Å². The summed E-state index contributed by atoms with van der Waals surface area (Å²) in [6, 6.07) is 0. The van der Waals surface area contributed by atoms with Crippen LogP contribution >= 0.6 is 0 Å². The number of carbonyl (C=O) groups excluding carboxylic acids is 3. The Bertz CT molecular complexity index is 622. The monoisotopic (exact) mass is 364 g/mol. The predicted octanol–water partition coefficient (Wildman–Crippen LogP) is 2.79. The average Bonchev–Trinajstić information content (AvgIpc) is 2.57. The lowest BCUT2D eigenvalue weighted by Gasteiger charge is -2.42. The van der Waals surface area contributed by atoms with Crippen molar-refractivity contribution in [3.05, 3.63) is 23.3 Å². The molecule has 5 unspecified atom stereocenters. The molecular weight excluding hydrogens is 332 g/mol. The quantitative estimate of drug-likeness (QED) is 0.535. The summed E-state index contributed by atoms with van der Waals surface area (Å²) >= 11 is 0. The molecule has 0 aliphatic heterocycles. The highest BCUT2D eigenvalue weighted by atomic mass is 16.4. The van der Waals surface area contributed by atoms with E-state index in [1.165, 1.54) is 0 Å². The molecule has 0 aromatic rings. The van der Waals surface area contributed by atoms with E-state index in [2.05, 4.69) is 0 Å². The standard InChI is InChI=1S/C21H32O5/c1-7-14(6)17(22)16-18(23)15(9-8-12(2)3)19(24)21(26,20(16)25)11-10-13(4)5/h8,10,14-16,19,24,26H,7,9,11H2,1-6H3. The molecule has 0 bridgehead atoms. The van der Waals surface area contributed by atoms with Gasteiger partial charge in [-0.25, -0.2) is 0 Å². The highest BCUT2D eigenvalue weighted by Crippen LogP contribution is 2.38. The van der Waals surface area contributed by atoms with E-state index in [0.29, 0.717) is 6.42 Å². The van der Waals surface area contributed by atoms with Gasteiger partial charge in [0.25, 0.3) is 0 Å². The molecule has 0 aromatic heterocycles. The van der Waals surface area contributed by atoms with Crippen LogP contribution in [0.2, 0.25) is 0 Å². The normalized spacial score (nSPS) is 29.9. The third-order valence-electron chi connectivity index (χ3n) is 5.19. The maximum atomic E-state index is 12.9. The number of hydrogen-bond donors (Lipinski definition) is 2. The molecule has 146 valence electrons. The fraction of sp³-hybridized carbons (Fsp3) is 0.667. The Balaban J connectivity index is 3.40. The van der Waals surface area contributed by atoms with Crippen LogP contribution in [0.5, 0.6) is 0 Å². The molecule has 1 aliphatic carbocycles. The van der Waals surface area contributed by atoms with Gasteiger partial charge in [0.15, 0.2) is 23.0 Å². The smallest absolute Gasteiger partial charge is 0.185 e. The highest BCUT2D eigenvalue weighted by Gasteiger charge is 2.59. The van der Waals surface area contributed by atoms with Gasteiger partial charge in [0.1, 0.15) is 12.0 Å².